The average molecular weight is 264 g/mol. The Kier molecular flexibility index (Phi) is 4.45. The Morgan fingerprint density at radius 1 is 1.21 bits per heavy atom. The largest absolute Gasteiger partial charge is 0.396 e. The zero-order valence-corrected chi connectivity index (χ0v) is 12.0. The van der Waals surface area contributed by atoms with E-state index in [0.717, 1.165) is 55.8 Å². The molecule has 1 aliphatic rings. The summed E-state index contributed by atoms with van der Waals surface area (Å²) < 4.78 is 1.80. The molecule has 0 radical (unpaired) electrons. The molecule has 1 aliphatic heterocycles. The van der Waals surface area contributed by atoms with Gasteiger partial charge in [-0.25, -0.2) is 0 Å². The molecular weight excluding hydrogens is 240 g/mol. The number of nitrogens with two attached hydrogens (primary N) is 1. The van der Waals surface area contributed by atoms with Crippen LogP contribution in [0.15, 0.2) is 0 Å². The van der Waals surface area contributed by atoms with Crippen LogP contribution in [-0.2, 0) is 24.2 Å². The maximum atomic E-state index is 12.3. The van der Waals surface area contributed by atoms with Gasteiger partial charge in [0.1, 0.15) is 6.54 Å². The predicted molar refractivity (Wildman–Crippen MR) is 75.8 cm³/mol. The van der Waals surface area contributed by atoms with E-state index in [1.807, 2.05) is 11.8 Å². The van der Waals surface area contributed by atoms with Gasteiger partial charge in [0, 0.05) is 13.1 Å². The molecule has 5 nitrogen and oxygen atoms in total. The fourth-order valence-electron chi connectivity index (χ4n) is 2.70. The Morgan fingerprint density at radius 2 is 1.89 bits per heavy atom. The second-order valence-electron chi connectivity index (χ2n) is 5.11. The number of hydrogen-bond acceptors (Lipinski definition) is 3. The van der Waals surface area contributed by atoms with Gasteiger partial charge < -0.3 is 10.6 Å². The SMILES string of the molecule is CCc1nn(CC(=O)N2CCCCC2)c(CC)c1N. The van der Waals surface area contributed by atoms with Crippen LogP contribution in [0, 0.1) is 0 Å². The Bertz CT molecular complexity index is 447. The third-order valence-electron chi connectivity index (χ3n) is 3.84. The molecule has 106 valence electrons. The lowest BCUT2D eigenvalue weighted by Gasteiger charge is -2.26. The second-order valence-corrected chi connectivity index (χ2v) is 5.11. The zero-order chi connectivity index (χ0) is 13.8. The van der Waals surface area contributed by atoms with E-state index in [1.54, 1.807) is 4.68 Å². The van der Waals surface area contributed by atoms with E-state index in [0.29, 0.717) is 6.54 Å². The van der Waals surface area contributed by atoms with Crippen LogP contribution in [-0.4, -0.2) is 33.7 Å². The molecule has 0 bridgehead atoms. The van der Waals surface area contributed by atoms with E-state index in [4.69, 9.17) is 5.73 Å². The molecule has 1 aromatic heterocycles. The second kappa shape index (κ2) is 6.08. The molecule has 0 aromatic carbocycles. The summed E-state index contributed by atoms with van der Waals surface area (Å²) in [5, 5.41) is 4.48. The van der Waals surface area contributed by atoms with Gasteiger partial charge in [-0.15, -0.1) is 0 Å². The molecule has 0 saturated carbocycles. The molecule has 1 amide bonds. The van der Waals surface area contributed by atoms with Crippen LogP contribution in [0.25, 0.3) is 0 Å². The number of aryl methyl sites for hydroxylation is 1. The molecule has 1 fully saturated rings. The first-order chi connectivity index (χ1) is 9.17. The molecule has 0 unspecified atom stereocenters. The molecule has 2 heterocycles. The third-order valence-corrected chi connectivity index (χ3v) is 3.84. The van der Waals surface area contributed by atoms with E-state index >= 15 is 0 Å². The summed E-state index contributed by atoms with van der Waals surface area (Å²) >= 11 is 0. The number of carbonyl (C=O) groups is 1. The van der Waals surface area contributed by atoms with Crippen LogP contribution in [0.3, 0.4) is 0 Å². The first-order valence-corrected chi connectivity index (χ1v) is 7.29. The topological polar surface area (TPSA) is 64.2 Å². The van der Waals surface area contributed by atoms with Gasteiger partial charge in [0.25, 0.3) is 0 Å². The Balaban J connectivity index is 2.11. The highest BCUT2D eigenvalue weighted by Gasteiger charge is 2.20. The fraction of sp³-hybridized carbons (Fsp3) is 0.714. The summed E-state index contributed by atoms with van der Waals surface area (Å²) in [6.07, 6.45) is 5.09. The van der Waals surface area contributed by atoms with E-state index in [-0.39, 0.29) is 5.91 Å². The fourth-order valence-corrected chi connectivity index (χ4v) is 2.70. The van der Waals surface area contributed by atoms with Crippen molar-refractivity contribution in [3.05, 3.63) is 11.4 Å². The van der Waals surface area contributed by atoms with Crippen LogP contribution in [0.5, 0.6) is 0 Å². The highest BCUT2D eigenvalue weighted by atomic mass is 16.2. The summed E-state index contributed by atoms with van der Waals surface area (Å²) in [6, 6.07) is 0. The van der Waals surface area contributed by atoms with Gasteiger partial charge in [-0.05, 0) is 32.1 Å². The quantitative estimate of drug-likeness (QED) is 0.898. The van der Waals surface area contributed by atoms with Crippen molar-refractivity contribution in [1.82, 2.24) is 14.7 Å². The van der Waals surface area contributed by atoms with Crippen molar-refractivity contribution in [1.29, 1.82) is 0 Å². The summed E-state index contributed by atoms with van der Waals surface area (Å²) in [6.45, 7) is 6.19. The van der Waals surface area contributed by atoms with Crippen molar-refractivity contribution in [3.8, 4) is 0 Å². The van der Waals surface area contributed by atoms with Crippen LogP contribution in [0.1, 0.15) is 44.5 Å². The van der Waals surface area contributed by atoms with Gasteiger partial charge in [-0.1, -0.05) is 13.8 Å². The van der Waals surface area contributed by atoms with Gasteiger partial charge >= 0.3 is 0 Å². The standard InChI is InChI=1S/C14H24N4O/c1-3-11-14(15)12(4-2)18(16-11)10-13(19)17-8-6-5-7-9-17/h3-10,15H2,1-2H3. The minimum absolute atomic E-state index is 0.166. The van der Waals surface area contributed by atoms with Crippen LogP contribution >= 0.6 is 0 Å². The number of carbonyl (C=O) groups excluding carboxylic acids is 1. The minimum atomic E-state index is 0.166. The lowest BCUT2D eigenvalue weighted by atomic mass is 10.1. The number of hydrogen-bond donors (Lipinski definition) is 1. The van der Waals surface area contributed by atoms with Crippen molar-refractivity contribution in [3.63, 3.8) is 0 Å². The number of amides is 1. The van der Waals surface area contributed by atoms with E-state index in [1.165, 1.54) is 6.42 Å². The average Bonchev–Trinajstić information content (AvgIpc) is 2.75. The molecule has 1 saturated heterocycles. The number of nitrogens with zero attached hydrogens (tertiary/aromatic N) is 3. The monoisotopic (exact) mass is 264 g/mol. The summed E-state index contributed by atoms with van der Waals surface area (Å²) in [7, 11) is 0. The number of likely N-dealkylation sites (tertiary alicyclic amines) is 1. The Labute approximate surface area is 114 Å². The van der Waals surface area contributed by atoms with Gasteiger partial charge in [0.2, 0.25) is 5.91 Å². The molecule has 2 N–H and O–H groups in total. The normalized spacial score (nSPS) is 15.8. The molecule has 0 aliphatic carbocycles. The maximum absolute atomic E-state index is 12.3. The summed E-state index contributed by atoms with van der Waals surface area (Å²) in [4.78, 5) is 14.2. The van der Waals surface area contributed by atoms with Crippen molar-refractivity contribution in [2.75, 3.05) is 18.8 Å². The molecule has 2 rings (SSSR count). The number of aromatic nitrogens is 2. The molecule has 0 atom stereocenters. The van der Waals surface area contributed by atoms with Crippen molar-refractivity contribution in [2.45, 2.75) is 52.5 Å². The highest BCUT2D eigenvalue weighted by Crippen LogP contribution is 2.19. The van der Waals surface area contributed by atoms with Crippen LogP contribution in [0.2, 0.25) is 0 Å². The smallest absolute Gasteiger partial charge is 0.244 e. The van der Waals surface area contributed by atoms with E-state index in [2.05, 4.69) is 12.0 Å². The molecular formula is C14H24N4O. The van der Waals surface area contributed by atoms with E-state index in [9.17, 15) is 4.79 Å². The Morgan fingerprint density at radius 3 is 2.47 bits per heavy atom. The summed E-state index contributed by atoms with van der Waals surface area (Å²) in [5.41, 5.74) is 8.73. The number of anilines is 1. The summed E-state index contributed by atoms with van der Waals surface area (Å²) in [5.74, 6) is 0.166. The highest BCUT2D eigenvalue weighted by molar-refractivity contribution is 5.76. The van der Waals surface area contributed by atoms with Gasteiger partial charge in [0.15, 0.2) is 0 Å². The van der Waals surface area contributed by atoms with Crippen molar-refractivity contribution < 1.29 is 4.79 Å². The van der Waals surface area contributed by atoms with Gasteiger partial charge in [-0.2, -0.15) is 5.10 Å². The van der Waals surface area contributed by atoms with Crippen LogP contribution < -0.4 is 5.73 Å². The van der Waals surface area contributed by atoms with Crippen molar-refractivity contribution >= 4 is 11.6 Å². The lowest BCUT2D eigenvalue weighted by Crippen LogP contribution is -2.38. The number of piperidine rings is 1. The number of rotatable bonds is 4. The molecule has 0 spiro atoms. The van der Waals surface area contributed by atoms with Crippen LogP contribution in [0.4, 0.5) is 5.69 Å². The zero-order valence-electron chi connectivity index (χ0n) is 12.0. The third kappa shape index (κ3) is 2.91. The lowest BCUT2D eigenvalue weighted by molar-refractivity contribution is -0.132. The maximum Gasteiger partial charge on any atom is 0.244 e. The molecule has 19 heavy (non-hydrogen) atoms. The predicted octanol–water partition coefficient (Wildman–Crippen LogP) is 1.60. The van der Waals surface area contributed by atoms with E-state index < -0.39 is 0 Å². The van der Waals surface area contributed by atoms with Gasteiger partial charge in [-0.3, -0.25) is 9.48 Å². The first-order valence-electron chi connectivity index (χ1n) is 7.29. The van der Waals surface area contributed by atoms with Gasteiger partial charge in [0.05, 0.1) is 17.1 Å². The number of nitrogen functional groups attached to an aromatic ring is 1. The Hall–Kier alpha value is -1.52. The molecule has 5 heteroatoms. The minimum Gasteiger partial charge on any atom is -0.396 e. The first kappa shape index (κ1) is 13.9. The molecule has 1 aromatic rings. The van der Waals surface area contributed by atoms with Crippen molar-refractivity contribution in [2.24, 2.45) is 0 Å².